The van der Waals surface area contributed by atoms with Crippen LogP contribution in [0.3, 0.4) is 0 Å². The third-order valence-electron chi connectivity index (χ3n) is 8.92. The normalized spacial score (nSPS) is 27.3. The first-order valence-electron chi connectivity index (χ1n) is 13.5. The van der Waals surface area contributed by atoms with Crippen LogP contribution in [0.25, 0.3) is 0 Å². The monoisotopic (exact) mass is 496 g/mol. The number of piperidine rings is 3. The van der Waals surface area contributed by atoms with Crippen molar-refractivity contribution in [1.82, 2.24) is 0 Å². The molecule has 2 aromatic rings. The highest BCUT2D eigenvalue weighted by Crippen LogP contribution is 2.42. The maximum atomic E-state index is 14.1. The highest BCUT2D eigenvalue weighted by Gasteiger charge is 2.51. The molecule has 6 rings (SSSR count). The van der Waals surface area contributed by atoms with Gasteiger partial charge in [0.2, 0.25) is 0 Å². The van der Waals surface area contributed by atoms with E-state index in [4.69, 9.17) is 4.74 Å². The molecule has 0 unspecified atom stereocenters. The molecule has 192 valence electrons. The molecule has 0 spiro atoms. The van der Waals surface area contributed by atoms with Crippen LogP contribution in [0.1, 0.15) is 62.5 Å². The Kier molecular flexibility index (Phi) is 7.25. The molecule has 3 aliphatic heterocycles. The van der Waals surface area contributed by atoms with Crippen molar-refractivity contribution in [2.24, 2.45) is 5.92 Å². The number of halogens is 2. The Morgan fingerprint density at radius 1 is 0.889 bits per heavy atom. The Morgan fingerprint density at radius 3 is 2.17 bits per heavy atom. The Balaban J connectivity index is 1.30. The number of Topliss-reactive ketones (excluding diaryl/α,β-unsaturated/α-hetero) is 1. The van der Waals surface area contributed by atoms with Crippen molar-refractivity contribution in [3.05, 3.63) is 71.3 Å². The van der Waals surface area contributed by atoms with E-state index in [0.717, 1.165) is 70.0 Å². The smallest absolute Gasteiger partial charge is 0.317 e. The van der Waals surface area contributed by atoms with Gasteiger partial charge in [-0.3, -0.25) is 9.59 Å². The van der Waals surface area contributed by atoms with Crippen molar-refractivity contribution in [3.8, 4) is 0 Å². The number of hydrogen-bond donors (Lipinski definition) is 0. The Morgan fingerprint density at radius 2 is 1.53 bits per heavy atom. The van der Waals surface area contributed by atoms with Crippen LogP contribution >= 0.6 is 0 Å². The number of fused-ring (bicyclic) bond motifs is 3. The van der Waals surface area contributed by atoms with Crippen LogP contribution in [0.5, 0.6) is 0 Å². The molecule has 4 aliphatic rings. The Labute approximate surface area is 212 Å². The zero-order valence-electron chi connectivity index (χ0n) is 20.9. The van der Waals surface area contributed by atoms with Gasteiger partial charge in [0, 0.05) is 30.7 Å². The number of hydrogen-bond acceptors (Lipinski definition) is 3. The van der Waals surface area contributed by atoms with Gasteiger partial charge in [-0.25, -0.2) is 8.78 Å². The van der Waals surface area contributed by atoms with Gasteiger partial charge >= 0.3 is 5.97 Å². The predicted molar refractivity (Wildman–Crippen MR) is 133 cm³/mol. The topological polar surface area (TPSA) is 43.4 Å². The summed E-state index contributed by atoms with van der Waals surface area (Å²) >= 11 is 0. The summed E-state index contributed by atoms with van der Waals surface area (Å²) in [7, 11) is 0. The molecule has 3 heterocycles. The molecule has 4 nitrogen and oxygen atoms in total. The fourth-order valence-corrected chi connectivity index (χ4v) is 6.86. The van der Waals surface area contributed by atoms with Crippen molar-refractivity contribution in [3.63, 3.8) is 0 Å². The zero-order chi connectivity index (χ0) is 25.2. The van der Waals surface area contributed by atoms with Gasteiger partial charge in [0.1, 0.15) is 24.7 Å². The zero-order valence-corrected chi connectivity index (χ0v) is 20.9. The third kappa shape index (κ3) is 4.97. The van der Waals surface area contributed by atoms with E-state index in [9.17, 15) is 18.4 Å². The van der Waals surface area contributed by atoms with E-state index in [0.29, 0.717) is 16.9 Å². The molecule has 0 aromatic heterocycles. The van der Waals surface area contributed by atoms with Crippen molar-refractivity contribution < 1.29 is 27.6 Å². The highest BCUT2D eigenvalue weighted by molar-refractivity contribution is 5.84. The van der Waals surface area contributed by atoms with Gasteiger partial charge in [-0.1, -0.05) is 62.1 Å². The number of benzene rings is 2. The Hall–Kier alpha value is -2.60. The molecule has 0 radical (unpaired) electrons. The van der Waals surface area contributed by atoms with E-state index in [1.165, 1.54) is 18.2 Å². The van der Waals surface area contributed by atoms with Gasteiger partial charge in [-0.2, -0.15) is 0 Å². The molecule has 1 atom stereocenters. The summed E-state index contributed by atoms with van der Waals surface area (Å²) in [5, 5.41) is 0. The van der Waals surface area contributed by atoms with Crippen molar-refractivity contribution in [2.45, 2.75) is 69.3 Å². The Bertz CT molecular complexity index is 1070. The molecule has 2 bridgehead atoms. The molecule has 2 aromatic carbocycles. The van der Waals surface area contributed by atoms with Gasteiger partial charge in [-0.15, -0.1) is 0 Å². The molecule has 0 N–H and O–H groups in total. The second-order valence-electron chi connectivity index (χ2n) is 11.2. The molecular weight excluding hydrogens is 460 g/mol. The average Bonchev–Trinajstić information content (AvgIpc) is 3.15. The quantitative estimate of drug-likeness (QED) is 0.288. The molecule has 1 saturated carbocycles. The van der Waals surface area contributed by atoms with E-state index >= 15 is 0 Å². The summed E-state index contributed by atoms with van der Waals surface area (Å²) < 4.78 is 35.1. The number of nitrogens with zero attached hydrogens (tertiary/aromatic N) is 1. The first-order chi connectivity index (χ1) is 17.4. The van der Waals surface area contributed by atoms with Gasteiger partial charge in [-0.05, 0) is 30.5 Å². The van der Waals surface area contributed by atoms with E-state index in [1.807, 2.05) is 18.2 Å². The number of carbonyl (C=O) groups excluding carboxylic acids is 2. The van der Waals surface area contributed by atoms with Crippen LogP contribution in [0.4, 0.5) is 8.78 Å². The van der Waals surface area contributed by atoms with Crippen molar-refractivity contribution in [1.29, 1.82) is 0 Å². The van der Waals surface area contributed by atoms with E-state index in [2.05, 4.69) is 12.1 Å². The van der Waals surface area contributed by atoms with Crippen LogP contribution in [-0.2, 0) is 26.2 Å². The molecule has 3 saturated heterocycles. The lowest BCUT2D eigenvalue weighted by molar-refractivity contribution is -0.939. The van der Waals surface area contributed by atoms with Crippen molar-refractivity contribution in [2.75, 3.05) is 26.2 Å². The average molecular weight is 497 g/mol. The van der Waals surface area contributed by atoms with Crippen LogP contribution in [0, 0.1) is 17.6 Å². The predicted octanol–water partition coefficient (Wildman–Crippen LogP) is 5.52. The number of carbonyl (C=O) groups is 2. The molecule has 0 amide bonds. The molecule has 6 heteroatoms. The van der Waals surface area contributed by atoms with Crippen LogP contribution < -0.4 is 0 Å². The van der Waals surface area contributed by atoms with E-state index in [-0.39, 0.29) is 36.4 Å². The highest BCUT2D eigenvalue weighted by atomic mass is 19.1. The first kappa shape index (κ1) is 25.1. The first-order valence-corrected chi connectivity index (χ1v) is 13.5. The molecule has 36 heavy (non-hydrogen) atoms. The summed E-state index contributed by atoms with van der Waals surface area (Å²) in [6, 6.07) is 13.8. The fraction of sp³-hybridized carbons (Fsp3) is 0.533. The number of rotatable bonds is 7. The van der Waals surface area contributed by atoms with Crippen molar-refractivity contribution >= 4 is 11.8 Å². The summed E-state index contributed by atoms with van der Waals surface area (Å²) in [6.45, 7) is 2.51. The molecule has 1 aliphatic carbocycles. The SMILES string of the molecule is O=C(Cc1c(F)cccc1F)C[N+]12CCC(CC1)[C@@H](OC(=O)C1(c3ccccc3)CCCCCC1)C2. The van der Waals surface area contributed by atoms with Gasteiger partial charge in [0.25, 0.3) is 0 Å². The lowest BCUT2D eigenvalue weighted by atomic mass is 9.74. The lowest BCUT2D eigenvalue weighted by Crippen LogP contribution is -2.66. The van der Waals surface area contributed by atoms with Crippen LogP contribution in [0.2, 0.25) is 0 Å². The summed E-state index contributed by atoms with van der Waals surface area (Å²) in [5.41, 5.74) is 0.283. The molecular formula is C30H36F2NO3+. The standard InChI is InChI=1S/C30H36F2NO3/c31-26-11-8-12-27(32)25(26)19-24(34)20-33-17-13-22(14-18-33)28(21-33)36-29(35)30(15-6-1-2-7-16-30)23-9-4-3-5-10-23/h3-5,8-12,22,28H,1-2,6-7,13-21H2/q+1/t22?,28-,33?/m0/s1. The number of esters is 1. The minimum atomic E-state index is -0.679. The minimum Gasteiger partial charge on any atom is -0.455 e. The second kappa shape index (κ2) is 10.4. The maximum Gasteiger partial charge on any atom is 0.317 e. The van der Waals surface area contributed by atoms with Gasteiger partial charge in [0.15, 0.2) is 11.9 Å². The number of ketones is 1. The van der Waals surface area contributed by atoms with Crippen LogP contribution in [-0.4, -0.2) is 48.5 Å². The summed E-state index contributed by atoms with van der Waals surface area (Å²) in [5.74, 6) is -1.34. The second-order valence-corrected chi connectivity index (χ2v) is 11.2. The van der Waals surface area contributed by atoms with E-state index < -0.39 is 17.0 Å². The van der Waals surface area contributed by atoms with E-state index in [1.54, 1.807) is 0 Å². The molecule has 4 fully saturated rings. The number of quaternary nitrogens is 1. The van der Waals surface area contributed by atoms with Gasteiger partial charge in [0.05, 0.1) is 18.5 Å². The van der Waals surface area contributed by atoms with Gasteiger partial charge < -0.3 is 9.22 Å². The summed E-state index contributed by atoms with van der Waals surface area (Å²) in [6.07, 6.45) is 7.25. The summed E-state index contributed by atoms with van der Waals surface area (Å²) in [4.78, 5) is 26.8. The number of ether oxygens (including phenoxy) is 1. The fourth-order valence-electron chi connectivity index (χ4n) is 6.86. The third-order valence-corrected chi connectivity index (χ3v) is 8.92. The largest absolute Gasteiger partial charge is 0.455 e. The minimum absolute atomic E-state index is 0.118. The lowest BCUT2D eigenvalue weighted by Gasteiger charge is -2.52. The van der Waals surface area contributed by atoms with Crippen LogP contribution in [0.15, 0.2) is 48.5 Å². The maximum absolute atomic E-state index is 14.1.